The smallest absolute Gasteiger partial charge is 0.151 e. The third-order valence-electron chi connectivity index (χ3n) is 2.91. The van der Waals surface area contributed by atoms with Gasteiger partial charge in [0.15, 0.2) is 6.29 Å². The Balaban J connectivity index is 2.10. The number of hydrogen-bond acceptors (Lipinski definition) is 3. The minimum absolute atomic E-state index is 0.130. The van der Waals surface area contributed by atoms with E-state index in [1.165, 1.54) is 9.75 Å². The summed E-state index contributed by atoms with van der Waals surface area (Å²) in [5.41, 5.74) is -0.555. The molecule has 0 N–H and O–H groups in total. The lowest BCUT2D eigenvalue weighted by Gasteiger charge is -2.16. The van der Waals surface area contributed by atoms with Crippen molar-refractivity contribution >= 4 is 17.6 Å². The van der Waals surface area contributed by atoms with Gasteiger partial charge in [-0.25, -0.2) is 0 Å². The van der Waals surface area contributed by atoms with E-state index in [9.17, 15) is 4.79 Å². The second-order valence-corrected chi connectivity index (χ2v) is 5.43. The van der Waals surface area contributed by atoms with Crippen LogP contribution in [0.2, 0.25) is 0 Å². The molecule has 1 aliphatic heterocycles. The Morgan fingerprint density at radius 2 is 2.47 bits per heavy atom. The molecule has 0 aliphatic carbocycles. The number of carbonyl (C=O) groups excluding carboxylic acids is 1. The average molecular weight is 224 g/mol. The van der Waals surface area contributed by atoms with Gasteiger partial charge in [-0.2, -0.15) is 0 Å². The van der Waals surface area contributed by atoms with E-state index in [4.69, 9.17) is 4.74 Å². The maximum absolute atomic E-state index is 10.8. The Morgan fingerprint density at radius 1 is 1.67 bits per heavy atom. The molecule has 1 aliphatic rings. The number of rotatable bonds is 3. The summed E-state index contributed by atoms with van der Waals surface area (Å²) in [6.07, 6.45) is 3.92. The second kappa shape index (κ2) is 4.06. The number of thiophene rings is 1. The highest BCUT2D eigenvalue weighted by Gasteiger charge is 2.36. The minimum atomic E-state index is -0.555. The topological polar surface area (TPSA) is 26.3 Å². The molecule has 1 saturated heterocycles. The Kier molecular flexibility index (Phi) is 2.94. The predicted molar refractivity (Wildman–Crippen MR) is 61.2 cm³/mol. The van der Waals surface area contributed by atoms with Gasteiger partial charge in [0.25, 0.3) is 0 Å². The Bertz CT molecular complexity index is 358. The van der Waals surface area contributed by atoms with Crippen LogP contribution in [-0.2, 0) is 16.0 Å². The van der Waals surface area contributed by atoms with Crippen molar-refractivity contribution in [2.45, 2.75) is 44.8 Å². The van der Waals surface area contributed by atoms with Gasteiger partial charge in [-0.1, -0.05) is 6.92 Å². The van der Waals surface area contributed by atoms with E-state index < -0.39 is 5.60 Å². The summed E-state index contributed by atoms with van der Waals surface area (Å²) >= 11 is 1.80. The maximum atomic E-state index is 10.8. The van der Waals surface area contributed by atoms with Gasteiger partial charge >= 0.3 is 0 Å². The van der Waals surface area contributed by atoms with E-state index in [1.807, 2.05) is 6.92 Å². The first-order valence-electron chi connectivity index (χ1n) is 5.39. The summed E-state index contributed by atoms with van der Waals surface area (Å²) in [6.45, 7) is 4.02. The molecule has 2 unspecified atom stereocenters. The SMILES string of the molecule is CCc1ccc(C2CCC(C)(C=O)O2)s1. The molecule has 3 heteroatoms. The maximum Gasteiger partial charge on any atom is 0.151 e. The summed E-state index contributed by atoms with van der Waals surface area (Å²) in [5, 5.41) is 0. The Morgan fingerprint density at radius 3 is 3.00 bits per heavy atom. The third kappa shape index (κ3) is 2.13. The van der Waals surface area contributed by atoms with E-state index in [1.54, 1.807) is 11.3 Å². The van der Waals surface area contributed by atoms with Crippen LogP contribution in [0.5, 0.6) is 0 Å². The Hall–Kier alpha value is -0.670. The molecule has 0 bridgehead atoms. The van der Waals surface area contributed by atoms with Crippen molar-refractivity contribution in [2.75, 3.05) is 0 Å². The molecule has 2 heterocycles. The fourth-order valence-electron chi connectivity index (χ4n) is 1.91. The monoisotopic (exact) mass is 224 g/mol. The first kappa shape index (κ1) is 10.8. The molecule has 0 spiro atoms. The molecular formula is C12H16O2S. The summed E-state index contributed by atoms with van der Waals surface area (Å²) in [4.78, 5) is 13.5. The quantitative estimate of drug-likeness (QED) is 0.737. The first-order chi connectivity index (χ1) is 7.17. The van der Waals surface area contributed by atoms with Crippen molar-refractivity contribution in [3.63, 3.8) is 0 Å². The number of ether oxygens (including phenoxy) is 1. The van der Waals surface area contributed by atoms with Crippen LogP contribution in [0.25, 0.3) is 0 Å². The van der Waals surface area contributed by atoms with Crippen LogP contribution in [0.4, 0.5) is 0 Å². The zero-order chi connectivity index (χ0) is 10.9. The number of aryl methyl sites for hydroxylation is 1. The third-order valence-corrected chi connectivity index (χ3v) is 4.23. The van der Waals surface area contributed by atoms with Gasteiger partial charge in [-0.3, -0.25) is 0 Å². The molecule has 1 aromatic heterocycles. The van der Waals surface area contributed by atoms with Crippen molar-refractivity contribution in [3.8, 4) is 0 Å². The van der Waals surface area contributed by atoms with Gasteiger partial charge in [0.05, 0.1) is 6.10 Å². The minimum Gasteiger partial charge on any atom is -0.359 e. The van der Waals surface area contributed by atoms with Crippen molar-refractivity contribution in [1.29, 1.82) is 0 Å². The van der Waals surface area contributed by atoms with E-state index in [0.29, 0.717) is 0 Å². The molecule has 0 aromatic carbocycles. The van der Waals surface area contributed by atoms with E-state index >= 15 is 0 Å². The van der Waals surface area contributed by atoms with Crippen LogP contribution in [0, 0.1) is 0 Å². The highest BCUT2D eigenvalue weighted by atomic mass is 32.1. The standard InChI is InChI=1S/C12H16O2S/c1-3-9-4-5-11(15-9)10-6-7-12(2,8-13)14-10/h4-5,8,10H,3,6-7H2,1-2H3. The van der Waals surface area contributed by atoms with E-state index in [-0.39, 0.29) is 6.10 Å². The number of aldehydes is 1. The number of hydrogen-bond donors (Lipinski definition) is 0. The van der Waals surface area contributed by atoms with E-state index in [0.717, 1.165) is 25.5 Å². The lowest BCUT2D eigenvalue weighted by molar-refractivity contribution is -0.127. The highest BCUT2D eigenvalue weighted by Crippen LogP contribution is 2.40. The zero-order valence-electron chi connectivity index (χ0n) is 9.16. The largest absolute Gasteiger partial charge is 0.359 e. The summed E-state index contributed by atoms with van der Waals surface area (Å²) in [5.74, 6) is 0. The van der Waals surface area contributed by atoms with Crippen LogP contribution in [0.1, 0.15) is 42.5 Å². The molecule has 2 rings (SSSR count). The molecule has 1 fully saturated rings. The van der Waals surface area contributed by atoms with Gasteiger partial charge in [0.2, 0.25) is 0 Å². The van der Waals surface area contributed by atoms with Crippen molar-refractivity contribution < 1.29 is 9.53 Å². The number of carbonyl (C=O) groups is 1. The van der Waals surface area contributed by atoms with Crippen LogP contribution in [0.15, 0.2) is 12.1 Å². The Labute approximate surface area is 94.3 Å². The van der Waals surface area contributed by atoms with Gasteiger partial charge in [0, 0.05) is 9.75 Å². The lowest BCUT2D eigenvalue weighted by atomic mass is 10.0. The molecule has 0 saturated carbocycles. The highest BCUT2D eigenvalue weighted by molar-refractivity contribution is 7.12. The van der Waals surface area contributed by atoms with Crippen molar-refractivity contribution in [3.05, 3.63) is 21.9 Å². The molecule has 2 nitrogen and oxygen atoms in total. The van der Waals surface area contributed by atoms with Crippen LogP contribution >= 0.6 is 11.3 Å². The van der Waals surface area contributed by atoms with E-state index in [2.05, 4.69) is 19.1 Å². The van der Waals surface area contributed by atoms with Crippen LogP contribution in [0.3, 0.4) is 0 Å². The first-order valence-corrected chi connectivity index (χ1v) is 6.21. The summed E-state index contributed by atoms with van der Waals surface area (Å²) in [6, 6.07) is 4.28. The zero-order valence-corrected chi connectivity index (χ0v) is 9.97. The molecule has 0 radical (unpaired) electrons. The van der Waals surface area contributed by atoms with Crippen LogP contribution in [-0.4, -0.2) is 11.9 Å². The second-order valence-electron chi connectivity index (χ2n) is 4.23. The van der Waals surface area contributed by atoms with Crippen molar-refractivity contribution in [2.24, 2.45) is 0 Å². The predicted octanol–water partition coefficient (Wildman–Crippen LogP) is 3.12. The fraction of sp³-hybridized carbons (Fsp3) is 0.583. The molecule has 15 heavy (non-hydrogen) atoms. The van der Waals surface area contributed by atoms with Gasteiger partial charge in [0.1, 0.15) is 5.60 Å². The molecule has 0 amide bonds. The van der Waals surface area contributed by atoms with Gasteiger partial charge < -0.3 is 9.53 Å². The molecule has 2 atom stereocenters. The molecule has 1 aromatic rings. The fourth-order valence-corrected chi connectivity index (χ4v) is 2.92. The summed E-state index contributed by atoms with van der Waals surface area (Å²) in [7, 11) is 0. The summed E-state index contributed by atoms with van der Waals surface area (Å²) < 4.78 is 5.78. The van der Waals surface area contributed by atoms with Gasteiger partial charge in [-0.15, -0.1) is 11.3 Å². The normalized spacial score (nSPS) is 30.7. The lowest BCUT2D eigenvalue weighted by Crippen LogP contribution is -2.24. The van der Waals surface area contributed by atoms with Crippen LogP contribution < -0.4 is 0 Å². The average Bonchev–Trinajstić information content (AvgIpc) is 2.84. The molecular weight excluding hydrogens is 208 g/mol. The van der Waals surface area contributed by atoms with Gasteiger partial charge in [-0.05, 0) is 38.3 Å². The van der Waals surface area contributed by atoms with Crippen molar-refractivity contribution in [1.82, 2.24) is 0 Å². The molecule has 82 valence electrons.